The SMILES string of the molecule is Cc1nc(F)ccc1C(Nc1ccc2nc(Cl)c(C#N)c(NCC(C)(C)C)c2c1F)c1cn(C2(C(F)F)CC2)nn1. The molecule has 4 aromatic rings. The summed E-state index contributed by atoms with van der Waals surface area (Å²) in [6.07, 6.45) is -0.737. The van der Waals surface area contributed by atoms with E-state index in [4.69, 9.17) is 11.6 Å². The van der Waals surface area contributed by atoms with E-state index in [0.29, 0.717) is 17.8 Å². The number of rotatable bonds is 8. The summed E-state index contributed by atoms with van der Waals surface area (Å²) in [5.41, 5.74) is -0.252. The van der Waals surface area contributed by atoms with Gasteiger partial charge in [0, 0.05) is 17.8 Å². The molecule has 1 saturated carbocycles. The van der Waals surface area contributed by atoms with Crippen LogP contribution in [0.2, 0.25) is 5.15 Å². The molecule has 41 heavy (non-hydrogen) atoms. The largest absolute Gasteiger partial charge is 0.383 e. The van der Waals surface area contributed by atoms with Crippen molar-refractivity contribution < 1.29 is 17.6 Å². The van der Waals surface area contributed by atoms with Crippen molar-refractivity contribution in [2.24, 2.45) is 5.41 Å². The summed E-state index contributed by atoms with van der Waals surface area (Å²) in [4.78, 5) is 8.09. The monoisotopic (exact) mass is 586 g/mol. The minimum Gasteiger partial charge on any atom is -0.383 e. The highest BCUT2D eigenvalue weighted by Gasteiger charge is 2.54. The summed E-state index contributed by atoms with van der Waals surface area (Å²) >= 11 is 6.27. The Morgan fingerprint density at radius 1 is 1.15 bits per heavy atom. The molecule has 214 valence electrons. The zero-order valence-electron chi connectivity index (χ0n) is 22.7. The summed E-state index contributed by atoms with van der Waals surface area (Å²) in [6.45, 7) is 7.94. The predicted molar refractivity (Wildman–Crippen MR) is 147 cm³/mol. The summed E-state index contributed by atoms with van der Waals surface area (Å²) in [5, 5.41) is 24.1. The maximum Gasteiger partial charge on any atom is 0.263 e. The second-order valence-corrected chi connectivity index (χ2v) is 11.7. The van der Waals surface area contributed by atoms with Crippen molar-refractivity contribution in [1.29, 1.82) is 5.26 Å². The van der Waals surface area contributed by atoms with Crippen molar-refractivity contribution in [1.82, 2.24) is 25.0 Å². The summed E-state index contributed by atoms with van der Waals surface area (Å²) in [5.74, 6) is -1.43. The van der Waals surface area contributed by atoms with Crippen LogP contribution >= 0.6 is 11.6 Å². The first kappa shape index (κ1) is 28.5. The van der Waals surface area contributed by atoms with Gasteiger partial charge in [-0.05, 0) is 43.4 Å². The highest BCUT2D eigenvalue weighted by Crippen LogP contribution is 2.48. The van der Waals surface area contributed by atoms with Gasteiger partial charge in [0.2, 0.25) is 5.95 Å². The Morgan fingerprint density at radius 2 is 1.88 bits per heavy atom. The highest BCUT2D eigenvalue weighted by molar-refractivity contribution is 6.31. The van der Waals surface area contributed by atoms with Gasteiger partial charge in [-0.3, -0.25) is 0 Å². The van der Waals surface area contributed by atoms with E-state index in [9.17, 15) is 18.4 Å². The van der Waals surface area contributed by atoms with Crippen LogP contribution < -0.4 is 10.6 Å². The second-order valence-electron chi connectivity index (χ2n) is 11.4. The Labute approximate surface area is 238 Å². The average Bonchev–Trinajstić information content (AvgIpc) is 3.57. The maximum absolute atomic E-state index is 16.4. The molecule has 13 heteroatoms. The van der Waals surface area contributed by atoms with E-state index in [1.54, 1.807) is 13.0 Å². The molecule has 0 radical (unpaired) electrons. The molecule has 1 aromatic carbocycles. The van der Waals surface area contributed by atoms with Crippen molar-refractivity contribution in [3.8, 4) is 6.07 Å². The molecule has 0 saturated heterocycles. The lowest BCUT2D eigenvalue weighted by Gasteiger charge is -2.23. The van der Waals surface area contributed by atoms with Gasteiger partial charge in [0.1, 0.15) is 28.0 Å². The number of aromatic nitrogens is 5. The molecule has 1 fully saturated rings. The first-order valence-corrected chi connectivity index (χ1v) is 13.3. The van der Waals surface area contributed by atoms with Gasteiger partial charge in [-0.15, -0.1) is 5.10 Å². The van der Waals surface area contributed by atoms with Gasteiger partial charge >= 0.3 is 0 Å². The van der Waals surface area contributed by atoms with Crippen molar-refractivity contribution in [3.63, 3.8) is 0 Å². The normalized spacial score (nSPS) is 15.1. The van der Waals surface area contributed by atoms with Crippen LogP contribution in [0.1, 0.15) is 62.2 Å². The Hall–Kier alpha value is -3.98. The quantitative estimate of drug-likeness (QED) is 0.174. The van der Waals surface area contributed by atoms with Gasteiger partial charge in [0.05, 0.1) is 34.5 Å². The van der Waals surface area contributed by atoms with Gasteiger partial charge in [-0.25, -0.2) is 27.8 Å². The summed E-state index contributed by atoms with van der Waals surface area (Å²) < 4.78 is 58.9. The number of nitrogens with zero attached hydrogens (tertiary/aromatic N) is 6. The average molecular weight is 587 g/mol. The number of benzene rings is 1. The molecule has 0 spiro atoms. The third kappa shape index (κ3) is 5.38. The van der Waals surface area contributed by atoms with E-state index in [2.05, 4.69) is 30.9 Å². The number of nitriles is 1. The highest BCUT2D eigenvalue weighted by atomic mass is 35.5. The number of fused-ring (bicyclic) bond motifs is 1. The number of nitrogens with one attached hydrogen (secondary N) is 2. The van der Waals surface area contributed by atoms with Crippen LogP contribution in [0.4, 0.5) is 28.9 Å². The lowest BCUT2D eigenvalue weighted by Crippen LogP contribution is -2.26. The molecule has 3 heterocycles. The number of hydrogen-bond donors (Lipinski definition) is 2. The van der Waals surface area contributed by atoms with Crippen LogP contribution in [-0.4, -0.2) is 37.9 Å². The van der Waals surface area contributed by atoms with Crippen LogP contribution in [0, 0.1) is 35.4 Å². The Balaban J connectivity index is 1.63. The molecule has 2 N–H and O–H groups in total. The third-order valence-corrected chi connectivity index (χ3v) is 7.36. The summed E-state index contributed by atoms with van der Waals surface area (Å²) in [6, 6.07) is 6.70. The Kier molecular flexibility index (Phi) is 7.27. The van der Waals surface area contributed by atoms with E-state index in [1.165, 1.54) is 18.3 Å². The Bertz CT molecular complexity index is 1670. The van der Waals surface area contributed by atoms with Gasteiger partial charge < -0.3 is 10.6 Å². The van der Waals surface area contributed by atoms with Crippen molar-refractivity contribution >= 4 is 33.9 Å². The van der Waals surface area contributed by atoms with Gasteiger partial charge in [0.25, 0.3) is 6.43 Å². The zero-order chi connectivity index (χ0) is 29.7. The predicted octanol–water partition coefficient (Wildman–Crippen LogP) is 6.75. The molecule has 0 aliphatic heterocycles. The van der Waals surface area contributed by atoms with Crippen molar-refractivity contribution in [2.75, 3.05) is 17.2 Å². The molecule has 8 nitrogen and oxygen atoms in total. The Morgan fingerprint density at radius 3 is 2.49 bits per heavy atom. The molecule has 1 unspecified atom stereocenters. The van der Waals surface area contributed by atoms with E-state index in [0.717, 1.165) is 10.7 Å². The van der Waals surface area contributed by atoms with E-state index in [1.807, 2.05) is 26.8 Å². The number of aryl methyl sites for hydroxylation is 1. The number of pyridine rings is 2. The number of alkyl halides is 2. The minimum absolute atomic E-state index is 0.000677. The van der Waals surface area contributed by atoms with Crippen LogP contribution in [0.25, 0.3) is 10.9 Å². The van der Waals surface area contributed by atoms with Crippen LogP contribution in [0.15, 0.2) is 30.5 Å². The molecule has 1 atom stereocenters. The molecule has 0 amide bonds. The van der Waals surface area contributed by atoms with E-state index < -0.39 is 29.8 Å². The lowest BCUT2D eigenvalue weighted by atomic mass is 9.96. The molecular formula is C28H27ClF4N8. The second kappa shape index (κ2) is 10.4. The standard InChI is InChI=1S/C28H27ClF4N8/c1-14-15(5-8-20(30)36-14)23(19-12-41(40-39-19)28(9-10-28)26(32)33)37-18-7-6-17-21(22(18)31)24(35-13-27(2,3)4)16(11-34)25(29)38-17/h5-8,12,23,26,37H,9-10,13H2,1-4H3,(H,35,38). The molecule has 5 rings (SSSR count). The fourth-order valence-corrected chi connectivity index (χ4v) is 4.87. The molecular weight excluding hydrogens is 560 g/mol. The van der Waals surface area contributed by atoms with Crippen molar-refractivity contribution in [2.45, 2.75) is 58.5 Å². The van der Waals surface area contributed by atoms with E-state index >= 15 is 4.39 Å². The van der Waals surface area contributed by atoms with Crippen LogP contribution in [0.5, 0.6) is 0 Å². The van der Waals surface area contributed by atoms with E-state index in [-0.39, 0.29) is 56.9 Å². The molecule has 0 bridgehead atoms. The number of halogens is 5. The topological polar surface area (TPSA) is 104 Å². The first-order chi connectivity index (χ1) is 19.3. The van der Waals surface area contributed by atoms with Crippen LogP contribution in [0.3, 0.4) is 0 Å². The number of anilines is 2. The molecule has 1 aliphatic rings. The fourth-order valence-electron chi connectivity index (χ4n) is 4.65. The third-order valence-electron chi connectivity index (χ3n) is 7.09. The van der Waals surface area contributed by atoms with Gasteiger partial charge in [-0.1, -0.05) is 43.7 Å². The zero-order valence-corrected chi connectivity index (χ0v) is 23.5. The van der Waals surface area contributed by atoms with Gasteiger partial charge in [-0.2, -0.15) is 9.65 Å². The van der Waals surface area contributed by atoms with Crippen LogP contribution in [-0.2, 0) is 5.54 Å². The number of hydrogen-bond acceptors (Lipinski definition) is 7. The van der Waals surface area contributed by atoms with Crippen molar-refractivity contribution in [3.05, 3.63) is 69.9 Å². The van der Waals surface area contributed by atoms with Gasteiger partial charge in [0.15, 0.2) is 5.82 Å². The molecule has 3 aromatic heterocycles. The molecule has 1 aliphatic carbocycles. The lowest BCUT2D eigenvalue weighted by molar-refractivity contribution is 0.0593. The maximum atomic E-state index is 16.4. The smallest absolute Gasteiger partial charge is 0.263 e. The first-order valence-electron chi connectivity index (χ1n) is 12.9. The summed E-state index contributed by atoms with van der Waals surface area (Å²) in [7, 11) is 0. The fraction of sp³-hybridized carbons (Fsp3) is 0.393. The minimum atomic E-state index is -2.64.